The molecule has 21 heavy (non-hydrogen) atoms. The summed E-state index contributed by atoms with van der Waals surface area (Å²) in [5.41, 5.74) is 8.99. The van der Waals surface area contributed by atoms with Crippen molar-refractivity contribution in [1.29, 1.82) is 0 Å². The molecule has 0 radical (unpaired) electrons. The maximum absolute atomic E-state index is 11.8. The first kappa shape index (κ1) is 13.5. The van der Waals surface area contributed by atoms with E-state index in [4.69, 9.17) is 10.5 Å². The molecule has 2 aromatic carbocycles. The Morgan fingerprint density at radius 2 is 1.95 bits per heavy atom. The molecule has 0 bridgehead atoms. The molecule has 1 unspecified atom stereocenters. The molecule has 0 fully saturated rings. The van der Waals surface area contributed by atoms with Crippen LogP contribution >= 0.6 is 0 Å². The lowest BCUT2D eigenvalue weighted by Gasteiger charge is -2.30. The fraction of sp³-hybridized carbons (Fsp3) is 0.235. The number of anilines is 1. The smallest absolute Gasteiger partial charge is 0.257 e. The summed E-state index contributed by atoms with van der Waals surface area (Å²) >= 11 is 0. The molecule has 1 aliphatic carbocycles. The predicted molar refractivity (Wildman–Crippen MR) is 82.2 cm³/mol. The van der Waals surface area contributed by atoms with Crippen molar-refractivity contribution in [3.05, 3.63) is 59.7 Å². The number of carbonyl (C=O) groups is 1. The fourth-order valence-corrected chi connectivity index (χ4v) is 2.55. The van der Waals surface area contributed by atoms with Gasteiger partial charge in [-0.2, -0.15) is 0 Å². The zero-order chi connectivity index (χ0) is 14.7. The molecule has 3 N–H and O–H groups in total. The first-order valence-corrected chi connectivity index (χ1v) is 7.05. The van der Waals surface area contributed by atoms with Gasteiger partial charge >= 0.3 is 0 Å². The molecule has 0 aromatic heterocycles. The van der Waals surface area contributed by atoms with Crippen LogP contribution in [0.5, 0.6) is 5.75 Å². The van der Waals surface area contributed by atoms with Crippen LogP contribution in [0.25, 0.3) is 0 Å². The Kier molecular flexibility index (Phi) is 3.77. The van der Waals surface area contributed by atoms with E-state index in [0.29, 0.717) is 23.9 Å². The van der Waals surface area contributed by atoms with Gasteiger partial charge in [-0.3, -0.25) is 4.79 Å². The van der Waals surface area contributed by atoms with E-state index in [9.17, 15) is 4.79 Å². The van der Waals surface area contributed by atoms with Crippen LogP contribution in [0.4, 0.5) is 5.69 Å². The number of amides is 1. The van der Waals surface area contributed by atoms with Crippen LogP contribution in [-0.2, 0) is 11.2 Å². The molecule has 1 amide bonds. The quantitative estimate of drug-likeness (QED) is 0.825. The van der Waals surface area contributed by atoms with Gasteiger partial charge in [0.05, 0.1) is 0 Å². The lowest BCUT2D eigenvalue weighted by molar-refractivity contribution is -0.123. The van der Waals surface area contributed by atoms with E-state index in [-0.39, 0.29) is 12.5 Å². The Labute approximate surface area is 123 Å². The van der Waals surface area contributed by atoms with Crippen LogP contribution in [0.1, 0.15) is 17.0 Å². The van der Waals surface area contributed by atoms with Gasteiger partial charge in [0.2, 0.25) is 0 Å². The molecule has 4 heteroatoms. The second-order valence-corrected chi connectivity index (χ2v) is 5.26. The maximum atomic E-state index is 11.8. The lowest BCUT2D eigenvalue weighted by atomic mass is 9.77. The molecule has 2 aromatic rings. The highest BCUT2D eigenvalue weighted by Crippen LogP contribution is 2.33. The molecule has 108 valence electrons. The van der Waals surface area contributed by atoms with Gasteiger partial charge in [0.25, 0.3) is 5.91 Å². The van der Waals surface area contributed by atoms with Crippen molar-refractivity contribution < 1.29 is 9.53 Å². The second-order valence-electron chi connectivity index (χ2n) is 5.26. The summed E-state index contributed by atoms with van der Waals surface area (Å²) in [4.78, 5) is 11.8. The minimum absolute atomic E-state index is 0.0261. The first-order valence-electron chi connectivity index (χ1n) is 7.05. The zero-order valence-corrected chi connectivity index (χ0v) is 11.7. The number of hydrogen-bond acceptors (Lipinski definition) is 3. The number of hydrogen-bond donors (Lipinski definition) is 2. The molecule has 0 saturated heterocycles. The van der Waals surface area contributed by atoms with Crippen molar-refractivity contribution in [1.82, 2.24) is 5.32 Å². The van der Waals surface area contributed by atoms with E-state index in [2.05, 4.69) is 17.4 Å². The van der Waals surface area contributed by atoms with Gasteiger partial charge in [-0.15, -0.1) is 0 Å². The normalized spacial score (nSPS) is 15.7. The summed E-state index contributed by atoms with van der Waals surface area (Å²) < 4.78 is 5.41. The van der Waals surface area contributed by atoms with E-state index in [1.807, 2.05) is 12.1 Å². The van der Waals surface area contributed by atoms with E-state index < -0.39 is 0 Å². The number of ether oxygens (including phenoxy) is 1. The summed E-state index contributed by atoms with van der Waals surface area (Å²) in [7, 11) is 0. The number of carbonyl (C=O) groups excluding carboxylic acids is 1. The van der Waals surface area contributed by atoms with Crippen LogP contribution < -0.4 is 15.8 Å². The third-order valence-electron chi connectivity index (χ3n) is 3.76. The van der Waals surface area contributed by atoms with Gasteiger partial charge < -0.3 is 15.8 Å². The lowest BCUT2D eigenvalue weighted by Crippen LogP contribution is -2.35. The van der Waals surface area contributed by atoms with E-state index in [1.165, 1.54) is 11.1 Å². The third-order valence-corrected chi connectivity index (χ3v) is 3.76. The summed E-state index contributed by atoms with van der Waals surface area (Å²) in [5, 5.41) is 2.92. The third kappa shape index (κ3) is 3.16. The Morgan fingerprint density at radius 3 is 2.71 bits per heavy atom. The molecule has 0 spiro atoms. The molecule has 0 saturated carbocycles. The van der Waals surface area contributed by atoms with E-state index in [1.54, 1.807) is 24.3 Å². The number of rotatable bonds is 5. The molecular weight excluding hydrogens is 264 g/mol. The van der Waals surface area contributed by atoms with Crippen molar-refractivity contribution in [2.75, 3.05) is 18.9 Å². The number of nitrogens with one attached hydrogen (secondary N) is 1. The van der Waals surface area contributed by atoms with Gasteiger partial charge in [0.15, 0.2) is 6.61 Å². The Balaban J connectivity index is 1.42. The average molecular weight is 282 g/mol. The van der Waals surface area contributed by atoms with Gasteiger partial charge in [0, 0.05) is 18.2 Å². The molecule has 3 rings (SSSR count). The topological polar surface area (TPSA) is 64.3 Å². The summed E-state index contributed by atoms with van der Waals surface area (Å²) in [6, 6.07) is 15.4. The van der Waals surface area contributed by atoms with E-state index >= 15 is 0 Å². The summed E-state index contributed by atoms with van der Waals surface area (Å²) in [5.74, 6) is 0.978. The van der Waals surface area contributed by atoms with Gasteiger partial charge in [-0.05, 0) is 41.8 Å². The van der Waals surface area contributed by atoms with Crippen LogP contribution in [-0.4, -0.2) is 19.1 Å². The van der Waals surface area contributed by atoms with Crippen LogP contribution in [0.3, 0.4) is 0 Å². The molecule has 1 aliphatic rings. The highest BCUT2D eigenvalue weighted by molar-refractivity contribution is 5.77. The largest absolute Gasteiger partial charge is 0.484 e. The summed E-state index contributed by atoms with van der Waals surface area (Å²) in [6.07, 6.45) is 1.04. The molecule has 0 heterocycles. The van der Waals surface area contributed by atoms with Crippen molar-refractivity contribution in [2.45, 2.75) is 12.3 Å². The minimum atomic E-state index is -0.101. The Morgan fingerprint density at radius 1 is 1.19 bits per heavy atom. The molecular formula is C17H18N2O2. The number of nitrogens with two attached hydrogens (primary N) is 1. The van der Waals surface area contributed by atoms with Gasteiger partial charge in [-0.1, -0.05) is 24.3 Å². The number of nitrogen functional groups attached to an aromatic ring is 1. The van der Waals surface area contributed by atoms with E-state index in [0.717, 1.165) is 6.42 Å². The number of fused-ring (bicyclic) bond motifs is 1. The highest BCUT2D eigenvalue weighted by atomic mass is 16.5. The SMILES string of the molecule is Nc1ccc(OCC(=O)NCC2Cc3ccccc32)cc1. The van der Waals surface area contributed by atoms with Crippen molar-refractivity contribution in [2.24, 2.45) is 0 Å². The van der Waals surface area contributed by atoms with Crippen molar-refractivity contribution >= 4 is 11.6 Å². The van der Waals surface area contributed by atoms with Crippen molar-refractivity contribution in [3.8, 4) is 5.75 Å². The molecule has 0 aliphatic heterocycles. The fourth-order valence-electron chi connectivity index (χ4n) is 2.55. The predicted octanol–water partition coefficient (Wildman–Crippen LogP) is 2.10. The Hall–Kier alpha value is -2.49. The Bertz CT molecular complexity index is 637. The minimum Gasteiger partial charge on any atom is -0.484 e. The zero-order valence-electron chi connectivity index (χ0n) is 11.7. The van der Waals surface area contributed by atoms with Crippen LogP contribution in [0, 0.1) is 0 Å². The second kappa shape index (κ2) is 5.87. The van der Waals surface area contributed by atoms with Gasteiger partial charge in [-0.25, -0.2) is 0 Å². The number of benzene rings is 2. The standard InChI is InChI=1S/C17H18N2O2/c18-14-5-7-15(8-6-14)21-11-17(20)19-10-13-9-12-3-1-2-4-16(12)13/h1-8,13H,9-11,18H2,(H,19,20). The van der Waals surface area contributed by atoms with Crippen molar-refractivity contribution in [3.63, 3.8) is 0 Å². The summed E-state index contributed by atoms with van der Waals surface area (Å²) in [6.45, 7) is 0.694. The van der Waals surface area contributed by atoms with Crippen LogP contribution in [0.2, 0.25) is 0 Å². The first-order chi connectivity index (χ1) is 10.2. The van der Waals surface area contributed by atoms with Crippen LogP contribution in [0.15, 0.2) is 48.5 Å². The maximum Gasteiger partial charge on any atom is 0.257 e. The van der Waals surface area contributed by atoms with Gasteiger partial charge in [0.1, 0.15) is 5.75 Å². The highest BCUT2D eigenvalue weighted by Gasteiger charge is 2.25. The average Bonchev–Trinajstić information content (AvgIpc) is 2.47. The monoisotopic (exact) mass is 282 g/mol. The molecule has 1 atom stereocenters. The molecule has 4 nitrogen and oxygen atoms in total.